The smallest absolute Gasteiger partial charge is 0.126 e. The van der Waals surface area contributed by atoms with Crippen molar-refractivity contribution in [1.82, 2.24) is 0 Å². The van der Waals surface area contributed by atoms with E-state index < -0.39 is 0 Å². The van der Waals surface area contributed by atoms with Gasteiger partial charge in [0, 0.05) is 0 Å². The lowest BCUT2D eigenvalue weighted by atomic mass is 9.85. The Morgan fingerprint density at radius 3 is 2.31 bits per heavy atom. The van der Waals surface area contributed by atoms with Gasteiger partial charge in [0.15, 0.2) is 0 Å². The molecule has 164 valence electrons. The molecule has 2 rings (SSSR count). The Kier molecular flexibility index (Phi) is 9.37. The van der Waals surface area contributed by atoms with Gasteiger partial charge >= 0.3 is 0 Å². The first kappa shape index (κ1) is 24.1. The second-order valence-corrected chi connectivity index (χ2v) is 10.2. The lowest BCUT2D eigenvalue weighted by Crippen LogP contribution is -2.36. The summed E-state index contributed by atoms with van der Waals surface area (Å²) < 4.78 is 6.43. The molecule has 0 unspecified atom stereocenters. The van der Waals surface area contributed by atoms with Crippen molar-refractivity contribution >= 4 is 0 Å². The normalized spacial score (nSPS) is 19.1. The van der Waals surface area contributed by atoms with Crippen LogP contribution in [0, 0.1) is 24.7 Å². The van der Waals surface area contributed by atoms with E-state index >= 15 is 0 Å². The Balaban J connectivity index is 1.65. The van der Waals surface area contributed by atoms with Gasteiger partial charge in [0.25, 0.3) is 0 Å². The number of fused-ring (bicyclic) bond motifs is 1. The SMILES string of the molecule is C[C](CCC[C](C)CCC[C@]1(C)CCc2cc(O)cc(C)c2O1)CCCC(C)C. The molecule has 29 heavy (non-hydrogen) atoms. The van der Waals surface area contributed by atoms with Gasteiger partial charge in [-0.15, -0.1) is 0 Å². The van der Waals surface area contributed by atoms with Crippen molar-refractivity contribution in [3.63, 3.8) is 0 Å². The van der Waals surface area contributed by atoms with Crippen molar-refractivity contribution in [2.24, 2.45) is 5.92 Å². The molecule has 1 aliphatic heterocycles. The second kappa shape index (κ2) is 11.3. The van der Waals surface area contributed by atoms with E-state index in [-0.39, 0.29) is 5.60 Å². The predicted molar refractivity (Wildman–Crippen MR) is 124 cm³/mol. The second-order valence-electron chi connectivity index (χ2n) is 10.2. The van der Waals surface area contributed by atoms with Gasteiger partial charge in [-0.05, 0) is 106 Å². The minimum atomic E-state index is -0.0736. The van der Waals surface area contributed by atoms with E-state index in [2.05, 4.69) is 34.6 Å². The first-order valence-corrected chi connectivity index (χ1v) is 11.8. The molecule has 1 N–H and O–H groups in total. The standard InChI is InChI=1S/C27H44O2/c1-20(2)10-7-11-21(3)12-8-13-22(4)14-9-16-27(6)17-15-24-19-25(28)18-23(5)26(24)29-27/h18-20,28H,7-17H2,1-6H3/t27-/m1/s1. The van der Waals surface area contributed by atoms with E-state index in [1.54, 1.807) is 11.8 Å². The number of aryl methyl sites for hydroxylation is 2. The summed E-state index contributed by atoms with van der Waals surface area (Å²) in [6.07, 6.45) is 13.4. The average molecular weight is 401 g/mol. The minimum absolute atomic E-state index is 0.0736. The molecular weight excluding hydrogens is 356 g/mol. The third-order valence-electron chi connectivity index (χ3n) is 6.51. The van der Waals surface area contributed by atoms with Crippen LogP contribution in [0.2, 0.25) is 0 Å². The number of aromatic hydroxyl groups is 1. The van der Waals surface area contributed by atoms with Crippen LogP contribution in [0.15, 0.2) is 12.1 Å². The molecule has 1 heterocycles. The number of hydrogen-bond donors (Lipinski definition) is 1. The highest BCUT2D eigenvalue weighted by atomic mass is 16.5. The van der Waals surface area contributed by atoms with Gasteiger partial charge in [0.1, 0.15) is 17.1 Å². The van der Waals surface area contributed by atoms with Crippen molar-refractivity contribution in [2.75, 3.05) is 0 Å². The molecule has 0 fully saturated rings. The average Bonchev–Trinajstić information content (AvgIpc) is 2.62. The molecule has 0 spiro atoms. The van der Waals surface area contributed by atoms with Crippen LogP contribution in [0.5, 0.6) is 11.5 Å². The summed E-state index contributed by atoms with van der Waals surface area (Å²) in [6, 6.07) is 3.67. The molecule has 1 aromatic carbocycles. The molecular formula is C27H44O2. The number of ether oxygens (including phenoxy) is 1. The van der Waals surface area contributed by atoms with Crippen LogP contribution >= 0.6 is 0 Å². The summed E-state index contributed by atoms with van der Waals surface area (Å²) >= 11 is 0. The Hall–Kier alpha value is -1.18. The quantitative estimate of drug-likeness (QED) is 0.383. The number of rotatable bonds is 12. The van der Waals surface area contributed by atoms with Crippen molar-refractivity contribution in [2.45, 2.75) is 118 Å². The Labute approximate surface area is 180 Å². The van der Waals surface area contributed by atoms with E-state index in [1.165, 1.54) is 51.4 Å². The molecule has 0 amide bonds. The summed E-state index contributed by atoms with van der Waals surface area (Å²) in [5, 5.41) is 9.81. The molecule has 2 heteroatoms. The van der Waals surface area contributed by atoms with Crippen molar-refractivity contribution in [3.05, 3.63) is 35.1 Å². The number of benzene rings is 1. The van der Waals surface area contributed by atoms with E-state index in [1.807, 2.05) is 19.1 Å². The van der Waals surface area contributed by atoms with Crippen molar-refractivity contribution in [1.29, 1.82) is 0 Å². The van der Waals surface area contributed by atoms with Crippen molar-refractivity contribution < 1.29 is 9.84 Å². The van der Waals surface area contributed by atoms with Gasteiger partial charge in [-0.1, -0.05) is 47.0 Å². The summed E-state index contributed by atoms with van der Waals surface area (Å²) in [4.78, 5) is 0. The minimum Gasteiger partial charge on any atom is -0.508 e. The third kappa shape index (κ3) is 8.22. The Morgan fingerprint density at radius 1 is 1.03 bits per heavy atom. The van der Waals surface area contributed by atoms with Crippen LogP contribution in [0.3, 0.4) is 0 Å². The number of phenolic OH excluding ortho intramolecular Hbond substituents is 1. The van der Waals surface area contributed by atoms with Gasteiger partial charge in [-0.3, -0.25) is 0 Å². The van der Waals surface area contributed by atoms with Crippen molar-refractivity contribution in [3.8, 4) is 11.5 Å². The zero-order chi connectivity index (χ0) is 21.4. The highest BCUT2D eigenvalue weighted by Gasteiger charge is 2.32. The fourth-order valence-electron chi connectivity index (χ4n) is 4.55. The maximum absolute atomic E-state index is 9.81. The molecule has 1 aromatic rings. The largest absolute Gasteiger partial charge is 0.508 e. The highest BCUT2D eigenvalue weighted by Crippen LogP contribution is 2.40. The third-order valence-corrected chi connectivity index (χ3v) is 6.51. The molecule has 0 saturated carbocycles. The Morgan fingerprint density at radius 2 is 1.66 bits per heavy atom. The molecule has 1 atom stereocenters. The zero-order valence-electron chi connectivity index (χ0n) is 19.9. The van der Waals surface area contributed by atoms with E-state index in [9.17, 15) is 5.11 Å². The summed E-state index contributed by atoms with van der Waals surface area (Å²) in [6.45, 7) is 13.6. The molecule has 2 radical (unpaired) electrons. The monoisotopic (exact) mass is 400 g/mol. The van der Waals surface area contributed by atoms with Gasteiger partial charge in [0.05, 0.1) is 0 Å². The summed E-state index contributed by atoms with van der Waals surface area (Å²) in [5.74, 6) is 5.51. The van der Waals surface area contributed by atoms with Crippen LogP contribution < -0.4 is 4.74 Å². The molecule has 0 aliphatic carbocycles. The first-order valence-electron chi connectivity index (χ1n) is 11.8. The maximum atomic E-state index is 9.81. The predicted octanol–water partition coefficient (Wildman–Crippen LogP) is 8.14. The van der Waals surface area contributed by atoms with E-state index in [0.717, 1.165) is 42.1 Å². The van der Waals surface area contributed by atoms with Gasteiger partial charge in [-0.25, -0.2) is 0 Å². The summed E-state index contributed by atoms with van der Waals surface area (Å²) in [5.41, 5.74) is 2.13. The molecule has 0 bridgehead atoms. The lowest BCUT2D eigenvalue weighted by Gasteiger charge is -2.37. The van der Waals surface area contributed by atoms with Crippen LogP contribution in [0.25, 0.3) is 0 Å². The topological polar surface area (TPSA) is 29.5 Å². The maximum Gasteiger partial charge on any atom is 0.126 e. The van der Waals surface area contributed by atoms with Crippen LogP contribution in [-0.4, -0.2) is 10.7 Å². The van der Waals surface area contributed by atoms with Crippen LogP contribution in [-0.2, 0) is 6.42 Å². The Bertz CT molecular complexity index is 621. The number of hydrogen-bond acceptors (Lipinski definition) is 2. The summed E-state index contributed by atoms with van der Waals surface area (Å²) in [7, 11) is 0. The highest BCUT2D eigenvalue weighted by molar-refractivity contribution is 5.47. The molecule has 0 saturated heterocycles. The molecule has 1 aliphatic rings. The van der Waals surface area contributed by atoms with Gasteiger partial charge in [-0.2, -0.15) is 0 Å². The first-order chi connectivity index (χ1) is 13.7. The van der Waals surface area contributed by atoms with E-state index in [0.29, 0.717) is 5.75 Å². The number of phenols is 1. The van der Waals surface area contributed by atoms with Gasteiger partial charge < -0.3 is 9.84 Å². The molecule has 0 aromatic heterocycles. The lowest BCUT2D eigenvalue weighted by molar-refractivity contribution is 0.0529. The van der Waals surface area contributed by atoms with Crippen LogP contribution in [0.4, 0.5) is 0 Å². The fourth-order valence-corrected chi connectivity index (χ4v) is 4.55. The van der Waals surface area contributed by atoms with E-state index in [4.69, 9.17) is 4.74 Å². The van der Waals surface area contributed by atoms with Crippen LogP contribution in [0.1, 0.15) is 110 Å². The fraction of sp³-hybridized carbons (Fsp3) is 0.704. The van der Waals surface area contributed by atoms with Gasteiger partial charge in [0.2, 0.25) is 0 Å². The zero-order valence-corrected chi connectivity index (χ0v) is 19.9. The molecule has 2 nitrogen and oxygen atoms in total.